The van der Waals surface area contributed by atoms with Crippen LogP contribution in [0.4, 0.5) is 4.39 Å². The lowest BCUT2D eigenvalue weighted by Crippen LogP contribution is -2.28. The van der Waals surface area contributed by atoms with Gasteiger partial charge in [-0.3, -0.25) is 4.79 Å². The molecule has 0 aromatic heterocycles. The molecule has 1 atom stereocenters. The Morgan fingerprint density at radius 2 is 2.08 bits per heavy atom. The van der Waals surface area contributed by atoms with Gasteiger partial charge in [-0.1, -0.05) is 18.2 Å². The second kappa shape index (κ2) is 7.50. The van der Waals surface area contributed by atoms with Gasteiger partial charge in [0.05, 0.1) is 11.6 Å². The van der Waals surface area contributed by atoms with Gasteiger partial charge in [-0.05, 0) is 42.7 Å². The van der Waals surface area contributed by atoms with E-state index in [2.05, 4.69) is 0 Å². The fourth-order valence-electron chi connectivity index (χ4n) is 2.81. The molecule has 1 amide bonds. The second-order valence-electron chi connectivity index (χ2n) is 5.84. The predicted octanol–water partition coefficient (Wildman–Crippen LogP) is 3.95. The van der Waals surface area contributed by atoms with E-state index in [4.69, 9.17) is 5.26 Å². The van der Waals surface area contributed by atoms with Crippen LogP contribution < -0.4 is 0 Å². The summed E-state index contributed by atoms with van der Waals surface area (Å²) in [5.41, 5.74) is 1.04. The summed E-state index contributed by atoms with van der Waals surface area (Å²) in [5, 5.41) is 8.77. The minimum Gasteiger partial charge on any atom is -0.338 e. The highest BCUT2D eigenvalue weighted by molar-refractivity contribution is 7.99. The average molecular weight is 340 g/mol. The molecule has 122 valence electrons. The Morgan fingerprint density at radius 1 is 1.29 bits per heavy atom. The predicted molar refractivity (Wildman–Crippen MR) is 92.3 cm³/mol. The average Bonchev–Trinajstić information content (AvgIpc) is 3.09. The molecule has 1 saturated heterocycles. The molecule has 0 aliphatic carbocycles. The van der Waals surface area contributed by atoms with Crippen molar-refractivity contribution in [1.82, 2.24) is 4.90 Å². The largest absolute Gasteiger partial charge is 0.338 e. The molecule has 1 fully saturated rings. The van der Waals surface area contributed by atoms with Gasteiger partial charge in [-0.2, -0.15) is 5.26 Å². The van der Waals surface area contributed by atoms with Crippen LogP contribution in [0.2, 0.25) is 0 Å². The summed E-state index contributed by atoms with van der Waals surface area (Å²) in [5.74, 6) is 0.834. The summed E-state index contributed by atoms with van der Waals surface area (Å²) in [6, 6.07) is 15.8. The molecule has 2 aromatic rings. The first kappa shape index (κ1) is 16.5. The van der Waals surface area contributed by atoms with Crippen molar-refractivity contribution in [2.24, 2.45) is 5.92 Å². The Kier molecular flexibility index (Phi) is 5.17. The maximum Gasteiger partial charge on any atom is 0.253 e. The topological polar surface area (TPSA) is 44.1 Å². The SMILES string of the molecule is N#Cc1ccc(SC[C@H]2CCN(C(=O)c3ccccc3)C2)c(F)c1. The Labute approximate surface area is 145 Å². The van der Waals surface area contributed by atoms with E-state index in [0.717, 1.165) is 18.7 Å². The van der Waals surface area contributed by atoms with Gasteiger partial charge in [0.15, 0.2) is 0 Å². The monoisotopic (exact) mass is 340 g/mol. The minimum absolute atomic E-state index is 0.0626. The summed E-state index contributed by atoms with van der Waals surface area (Å²) in [6.45, 7) is 1.45. The van der Waals surface area contributed by atoms with E-state index < -0.39 is 0 Å². The van der Waals surface area contributed by atoms with Gasteiger partial charge in [0, 0.05) is 29.3 Å². The van der Waals surface area contributed by atoms with Gasteiger partial charge in [-0.15, -0.1) is 11.8 Å². The molecule has 1 heterocycles. The molecule has 0 saturated carbocycles. The lowest BCUT2D eigenvalue weighted by molar-refractivity contribution is 0.0788. The van der Waals surface area contributed by atoms with Crippen molar-refractivity contribution >= 4 is 17.7 Å². The maximum atomic E-state index is 13.9. The molecule has 0 radical (unpaired) electrons. The summed E-state index contributed by atoms with van der Waals surface area (Å²) in [4.78, 5) is 14.8. The smallest absolute Gasteiger partial charge is 0.253 e. The third kappa shape index (κ3) is 3.77. The van der Waals surface area contributed by atoms with Gasteiger partial charge in [0.2, 0.25) is 0 Å². The molecule has 3 nitrogen and oxygen atoms in total. The number of benzene rings is 2. The van der Waals surface area contributed by atoms with E-state index in [1.54, 1.807) is 12.1 Å². The Morgan fingerprint density at radius 3 is 2.79 bits per heavy atom. The highest BCUT2D eigenvalue weighted by Crippen LogP contribution is 2.28. The Hall–Kier alpha value is -2.32. The van der Waals surface area contributed by atoms with Gasteiger partial charge < -0.3 is 4.90 Å². The normalized spacial score (nSPS) is 16.8. The molecule has 0 bridgehead atoms. The van der Waals surface area contributed by atoms with E-state index in [9.17, 15) is 9.18 Å². The Balaban J connectivity index is 1.55. The van der Waals surface area contributed by atoms with Crippen LogP contribution in [0.25, 0.3) is 0 Å². The van der Waals surface area contributed by atoms with Crippen molar-refractivity contribution in [2.75, 3.05) is 18.8 Å². The number of nitriles is 1. The van der Waals surface area contributed by atoms with Gasteiger partial charge in [-0.25, -0.2) is 4.39 Å². The molecule has 0 unspecified atom stereocenters. The number of carbonyl (C=O) groups is 1. The summed E-state index contributed by atoms with van der Waals surface area (Å²) < 4.78 is 13.9. The fraction of sp³-hybridized carbons (Fsp3) is 0.263. The van der Waals surface area contributed by atoms with Gasteiger partial charge >= 0.3 is 0 Å². The summed E-state index contributed by atoms with van der Waals surface area (Å²) >= 11 is 1.45. The standard InChI is InChI=1S/C19H17FN2OS/c20-17-10-14(11-21)6-7-18(17)24-13-15-8-9-22(12-15)19(23)16-4-2-1-3-5-16/h1-7,10,15H,8-9,12-13H2/t15-/m0/s1. The second-order valence-corrected chi connectivity index (χ2v) is 6.90. The number of thioether (sulfide) groups is 1. The first-order valence-electron chi connectivity index (χ1n) is 7.84. The zero-order valence-electron chi connectivity index (χ0n) is 13.1. The van der Waals surface area contributed by atoms with Crippen LogP contribution in [0.15, 0.2) is 53.4 Å². The van der Waals surface area contributed by atoms with E-state index in [0.29, 0.717) is 28.5 Å². The number of nitrogens with zero attached hydrogens (tertiary/aromatic N) is 2. The van der Waals surface area contributed by atoms with Crippen LogP contribution in [0.3, 0.4) is 0 Å². The number of likely N-dealkylation sites (tertiary alicyclic amines) is 1. The number of hydrogen-bond acceptors (Lipinski definition) is 3. The first-order chi connectivity index (χ1) is 11.7. The van der Waals surface area contributed by atoms with Gasteiger partial charge in [0.1, 0.15) is 5.82 Å². The van der Waals surface area contributed by atoms with Crippen molar-refractivity contribution in [3.63, 3.8) is 0 Å². The third-order valence-corrected chi connectivity index (χ3v) is 5.41. The molecular formula is C19H17FN2OS. The molecular weight excluding hydrogens is 323 g/mol. The van der Waals surface area contributed by atoms with E-state index in [1.807, 2.05) is 41.3 Å². The molecule has 0 N–H and O–H groups in total. The minimum atomic E-state index is -0.353. The molecule has 0 spiro atoms. The zero-order valence-corrected chi connectivity index (χ0v) is 13.9. The summed E-state index contributed by atoms with van der Waals surface area (Å²) in [6.07, 6.45) is 0.934. The quantitative estimate of drug-likeness (QED) is 0.792. The van der Waals surface area contributed by atoms with Crippen LogP contribution in [0.5, 0.6) is 0 Å². The zero-order chi connectivity index (χ0) is 16.9. The first-order valence-corrected chi connectivity index (χ1v) is 8.82. The molecule has 2 aromatic carbocycles. The highest BCUT2D eigenvalue weighted by Gasteiger charge is 2.27. The van der Waals surface area contributed by atoms with Crippen LogP contribution in [0.1, 0.15) is 22.3 Å². The van der Waals surface area contributed by atoms with Crippen LogP contribution >= 0.6 is 11.8 Å². The highest BCUT2D eigenvalue weighted by atomic mass is 32.2. The number of rotatable bonds is 4. The lowest BCUT2D eigenvalue weighted by atomic mass is 10.1. The van der Waals surface area contributed by atoms with Crippen molar-refractivity contribution in [3.8, 4) is 6.07 Å². The van der Waals surface area contributed by atoms with E-state index in [1.165, 1.54) is 17.8 Å². The molecule has 5 heteroatoms. The number of hydrogen-bond donors (Lipinski definition) is 0. The van der Waals surface area contributed by atoms with Crippen molar-refractivity contribution in [1.29, 1.82) is 5.26 Å². The van der Waals surface area contributed by atoms with Gasteiger partial charge in [0.25, 0.3) is 5.91 Å². The van der Waals surface area contributed by atoms with Crippen LogP contribution in [-0.4, -0.2) is 29.6 Å². The third-order valence-electron chi connectivity index (χ3n) is 4.13. The number of halogens is 1. The number of amides is 1. The van der Waals surface area contributed by atoms with Crippen molar-refractivity contribution < 1.29 is 9.18 Å². The molecule has 1 aliphatic heterocycles. The van der Waals surface area contributed by atoms with E-state index >= 15 is 0 Å². The lowest BCUT2D eigenvalue weighted by Gasteiger charge is -2.16. The van der Waals surface area contributed by atoms with Crippen LogP contribution in [0, 0.1) is 23.1 Å². The van der Waals surface area contributed by atoms with E-state index in [-0.39, 0.29) is 11.7 Å². The molecule has 3 rings (SSSR count). The maximum absolute atomic E-state index is 13.9. The molecule has 1 aliphatic rings. The Bertz CT molecular complexity index is 773. The van der Waals surface area contributed by atoms with Crippen molar-refractivity contribution in [2.45, 2.75) is 11.3 Å². The van der Waals surface area contributed by atoms with Crippen LogP contribution in [-0.2, 0) is 0 Å². The van der Waals surface area contributed by atoms with Crippen molar-refractivity contribution in [3.05, 3.63) is 65.5 Å². The molecule has 24 heavy (non-hydrogen) atoms. The summed E-state index contributed by atoms with van der Waals surface area (Å²) in [7, 11) is 0. The fourth-order valence-corrected chi connectivity index (χ4v) is 3.86. The number of carbonyl (C=O) groups excluding carboxylic acids is 1.